The lowest BCUT2D eigenvalue weighted by Gasteiger charge is -2.14. The molecule has 7 heteroatoms. The average Bonchev–Trinajstić information content (AvgIpc) is 3.35. The van der Waals surface area contributed by atoms with Crippen molar-refractivity contribution in [2.24, 2.45) is 5.92 Å². The molecule has 0 saturated carbocycles. The number of halogens is 2. The first-order chi connectivity index (χ1) is 16.5. The molecule has 1 atom stereocenters. The lowest BCUT2D eigenvalue weighted by molar-refractivity contribution is 0.0872. The zero-order valence-electron chi connectivity index (χ0n) is 19.9. The molecule has 1 N–H and O–H groups in total. The Bertz CT molecular complexity index is 1050. The van der Waals surface area contributed by atoms with Crippen LogP contribution in [0.3, 0.4) is 0 Å². The molecule has 1 amide bonds. The van der Waals surface area contributed by atoms with Gasteiger partial charge in [0.25, 0.3) is 5.91 Å². The summed E-state index contributed by atoms with van der Waals surface area (Å²) >= 11 is 0. The van der Waals surface area contributed by atoms with Gasteiger partial charge in [-0.2, -0.15) is 0 Å². The predicted molar refractivity (Wildman–Crippen MR) is 130 cm³/mol. The lowest BCUT2D eigenvalue weighted by Crippen LogP contribution is -2.27. The van der Waals surface area contributed by atoms with Crippen molar-refractivity contribution in [2.45, 2.75) is 46.0 Å². The highest BCUT2D eigenvalue weighted by molar-refractivity contribution is 5.93. The molecule has 0 fully saturated rings. The molecule has 0 aliphatic heterocycles. The van der Waals surface area contributed by atoms with E-state index in [2.05, 4.69) is 24.1 Å². The number of amides is 1. The molecular weight excluding hydrogens is 436 g/mol. The normalized spacial score (nSPS) is 12.0. The number of rotatable bonds is 13. The number of ether oxygens (including phenoxy) is 1. The van der Waals surface area contributed by atoms with Gasteiger partial charge in [0.1, 0.15) is 5.69 Å². The SMILES string of the molecule is CCCC[C@H](CC)COCCCNC(=O)c1cncn1-c1ccc(-c2ccc(F)c(F)c2)cc1. The maximum Gasteiger partial charge on any atom is 0.269 e. The number of unbranched alkanes of at least 4 members (excludes halogenated alkanes) is 1. The van der Waals surface area contributed by atoms with E-state index in [1.807, 2.05) is 12.1 Å². The summed E-state index contributed by atoms with van der Waals surface area (Å²) in [5, 5.41) is 2.92. The Kier molecular flexibility index (Phi) is 9.76. The Labute approximate surface area is 200 Å². The number of nitrogens with zero attached hydrogens (tertiary/aromatic N) is 2. The van der Waals surface area contributed by atoms with Crippen LogP contribution in [0.2, 0.25) is 0 Å². The highest BCUT2D eigenvalue weighted by Crippen LogP contribution is 2.23. The number of benzene rings is 2. The molecule has 0 spiro atoms. The van der Waals surface area contributed by atoms with E-state index < -0.39 is 11.6 Å². The molecule has 2 aromatic carbocycles. The minimum Gasteiger partial charge on any atom is -0.381 e. The summed E-state index contributed by atoms with van der Waals surface area (Å²) in [5.41, 5.74) is 2.49. The maximum atomic E-state index is 13.5. The average molecular weight is 470 g/mol. The fourth-order valence-corrected chi connectivity index (χ4v) is 3.77. The van der Waals surface area contributed by atoms with Crippen molar-refractivity contribution in [3.05, 3.63) is 72.3 Å². The van der Waals surface area contributed by atoms with Gasteiger partial charge in [-0.05, 0) is 54.2 Å². The fourth-order valence-electron chi connectivity index (χ4n) is 3.77. The van der Waals surface area contributed by atoms with E-state index in [4.69, 9.17) is 4.74 Å². The summed E-state index contributed by atoms with van der Waals surface area (Å²) in [6, 6.07) is 11.0. The van der Waals surface area contributed by atoms with Crippen LogP contribution in [0.4, 0.5) is 8.78 Å². The smallest absolute Gasteiger partial charge is 0.269 e. The highest BCUT2D eigenvalue weighted by Gasteiger charge is 2.13. The first kappa shape index (κ1) is 25.6. The van der Waals surface area contributed by atoms with Crippen LogP contribution in [0.1, 0.15) is 56.4 Å². The third-order valence-electron chi connectivity index (χ3n) is 5.92. The quantitative estimate of drug-likeness (QED) is 0.305. The number of hydrogen-bond acceptors (Lipinski definition) is 3. The number of imidazole rings is 1. The minimum atomic E-state index is -0.887. The molecule has 0 bridgehead atoms. The van der Waals surface area contributed by atoms with Gasteiger partial charge >= 0.3 is 0 Å². The van der Waals surface area contributed by atoms with E-state index in [9.17, 15) is 13.6 Å². The summed E-state index contributed by atoms with van der Waals surface area (Å²) in [4.78, 5) is 16.8. The molecular formula is C27H33F2N3O2. The lowest BCUT2D eigenvalue weighted by atomic mass is 10.0. The fraction of sp³-hybridized carbons (Fsp3) is 0.407. The zero-order valence-corrected chi connectivity index (χ0v) is 19.9. The van der Waals surface area contributed by atoms with E-state index >= 15 is 0 Å². The Balaban J connectivity index is 1.51. The van der Waals surface area contributed by atoms with Crippen LogP contribution >= 0.6 is 0 Å². The number of carbonyl (C=O) groups is 1. The van der Waals surface area contributed by atoms with Crippen LogP contribution in [0.5, 0.6) is 0 Å². The van der Waals surface area contributed by atoms with Crippen LogP contribution in [-0.2, 0) is 4.74 Å². The van der Waals surface area contributed by atoms with Crippen LogP contribution in [-0.4, -0.2) is 35.2 Å². The van der Waals surface area contributed by atoms with Crippen LogP contribution < -0.4 is 5.32 Å². The van der Waals surface area contributed by atoms with Crippen molar-refractivity contribution < 1.29 is 18.3 Å². The third kappa shape index (κ3) is 6.97. The van der Waals surface area contributed by atoms with Crippen molar-refractivity contribution in [1.82, 2.24) is 14.9 Å². The van der Waals surface area contributed by atoms with Gasteiger partial charge in [-0.3, -0.25) is 9.36 Å². The molecule has 34 heavy (non-hydrogen) atoms. The monoisotopic (exact) mass is 469 g/mol. The maximum absolute atomic E-state index is 13.5. The van der Waals surface area contributed by atoms with E-state index in [0.717, 1.165) is 42.8 Å². The van der Waals surface area contributed by atoms with Gasteiger partial charge in [-0.15, -0.1) is 0 Å². The van der Waals surface area contributed by atoms with Gasteiger partial charge in [-0.1, -0.05) is 51.3 Å². The van der Waals surface area contributed by atoms with E-state index in [-0.39, 0.29) is 5.91 Å². The van der Waals surface area contributed by atoms with Crippen LogP contribution in [0.25, 0.3) is 16.8 Å². The van der Waals surface area contributed by atoms with Gasteiger partial charge in [0.15, 0.2) is 11.6 Å². The number of carbonyl (C=O) groups excluding carboxylic acids is 1. The Morgan fingerprint density at radius 1 is 1.06 bits per heavy atom. The largest absolute Gasteiger partial charge is 0.381 e. The van der Waals surface area contributed by atoms with Crippen molar-refractivity contribution >= 4 is 5.91 Å². The Morgan fingerprint density at radius 2 is 1.82 bits per heavy atom. The van der Waals surface area contributed by atoms with Gasteiger partial charge in [0.05, 0.1) is 12.5 Å². The van der Waals surface area contributed by atoms with Crippen molar-refractivity contribution in [3.63, 3.8) is 0 Å². The molecule has 0 radical (unpaired) electrons. The molecule has 0 aliphatic rings. The molecule has 182 valence electrons. The van der Waals surface area contributed by atoms with Gasteiger partial charge in [0, 0.05) is 25.4 Å². The second kappa shape index (κ2) is 13.0. The molecule has 3 rings (SSSR count). The molecule has 0 unspecified atom stereocenters. The van der Waals surface area contributed by atoms with E-state index in [1.54, 1.807) is 23.0 Å². The number of hydrogen-bond donors (Lipinski definition) is 1. The zero-order chi connectivity index (χ0) is 24.3. The Hall–Kier alpha value is -3.06. The summed E-state index contributed by atoms with van der Waals surface area (Å²) in [5.74, 6) is -1.37. The highest BCUT2D eigenvalue weighted by atomic mass is 19.2. The Morgan fingerprint density at radius 3 is 2.53 bits per heavy atom. The van der Waals surface area contributed by atoms with Gasteiger partial charge in [-0.25, -0.2) is 13.8 Å². The standard InChI is InChI=1S/C27H33F2N3O2/c1-3-5-7-20(4-2)18-34-15-6-14-31-27(33)26-17-30-19-32(26)23-11-8-21(9-12-23)22-10-13-24(28)25(29)16-22/h8-13,16-17,19-20H,3-7,14-15,18H2,1-2H3,(H,31,33)/t20-/m0/s1. The summed E-state index contributed by atoms with van der Waals surface area (Å²) < 4.78 is 34.2. The first-order valence-corrected chi connectivity index (χ1v) is 12.0. The number of nitrogens with one attached hydrogen (secondary N) is 1. The topological polar surface area (TPSA) is 56.1 Å². The number of aromatic nitrogens is 2. The molecule has 0 aliphatic carbocycles. The molecule has 0 saturated heterocycles. The van der Waals surface area contributed by atoms with Gasteiger partial charge in [0.2, 0.25) is 0 Å². The van der Waals surface area contributed by atoms with E-state index in [0.29, 0.717) is 30.3 Å². The van der Waals surface area contributed by atoms with Crippen LogP contribution in [0, 0.1) is 17.6 Å². The minimum absolute atomic E-state index is 0.212. The molecule has 5 nitrogen and oxygen atoms in total. The summed E-state index contributed by atoms with van der Waals surface area (Å²) in [6.07, 6.45) is 8.61. The first-order valence-electron chi connectivity index (χ1n) is 12.0. The molecule has 1 heterocycles. The van der Waals surface area contributed by atoms with Crippen molar-refractivity contribution in [3.8, 4) is 16.8 Å². The van der Waals surface area contributed by atoms with Crippen LogP contribution in [0.15, 0.2) is 55.0 Å². The second-order valence-electron chi connectivity index (χ2n) is 8.43. The third-order valence-corrected chi connectivity index (χ3v) is 5.92. The van der Waals surface area contributed by atoms with Crippen molar-refractivity contribution in [2.75, 3.05) is 19.8 Å². The van der Waals surface area contributed by atoms with Crippen molar-refractivity contribution in [1.29, 1.82) is 0 Å². The predicted octanol–water partition coefficient (Wildman–Crippen LogP) is 6.17. The molecule has 1 aromatic heterocycles. The van der Waals surface area contributed by atoms with Gasteiger partial charge < -0.3 is 10.1 Å². The van der Waals surface area contributed by atoms with E-state index in [1.165, 1.54) is 31.5 Å². The second-order valence-corrected chi connectivity index (χ2v) is 8.43. The summed E-state index contributed by atoms with van der Waals surface area (Å²) in [7, 11) is 0. The summed E-state index contributed by atoms with van der Waals surface area (Å²) in [6.45, 7) is 6.31. The molecule has 3 aromatic rings.